The van der Waals surface area contributed by atoms with E-state index < -0.39 is 0 Å². The number of carbonyl (C=O) groups is 1. The molecule has 0 spiro atoms. The molecule has 0 aliphatic carbocycles. The molecule has 0 saturated carbocycles. The van der Waals surface area contributed by atoms with Crippen molar-refractivity contribution in [3.8, 4) is 0 Å². The van der Waals surface area contributed by atoms with E-state index in [1.165, 1.54) is 12.8 Å². The molecule has 1 saturated heterocycles. The summed E-state index contributed by atoms with van der Waals surface area (Å²) in [6, 6.07) is 14.4. The first-order valence-electron chi connectivity index (χ1n) is 9.33. The van der Waals surface area contributed by atoms with Crippen LogP contribution in [0.25, 0.3) is 0 Å². The molecule has 0 bridgehead atoms. The SMILES string of the molecule is CN(Cc1ccccn1)[C@H]1CCCN(Cc2cccc(C(N)=O)c2)CC1. The number of rotatable bonds is 6. The number of aromatic nitrogens is 1. The van der Waals surface area contributed by atoms with Crippen molar-refractivity contribution in [1.82, 2.24) is 14.8 Å². The number of nitrogens with zero attached hydrogens (tertiary/aromatic N) is 3. The molecule has 1 amide bonds. The van der Waals surface area contributed by atoms with Crippen molar-refractivity contribution in [1.29, 1.82) is 0 Å². The zero-order valence-corrected chi connectivity index (χ0v) is 15.5. The maximum Gasteiger partial charge on any atom is 0.248 e. The van der Waals surface area contributed by atoms with Crippen LogP contribution in [0.2, 0.25) is 0 Å². The second-order valence-corrected chi connectivity index (χ2v) is 7.16. The monoisotopic (exact) mass is 352 g/mol. The fourth-order valence-electron chi connectivity index (χ4n) is 3.69. The maximum atomic E-state index is 11.4. The Bertz CT molecular complexity index is 719. The van der Waals surface area contributed by atoms with E-state index in [4.69, 9.17) is 5.73 Å². The Hall–Kier alpha value is -2.24. The minimum atomic E-state index is -0.362. The summed E-state index contributed by atoms with van der Waals surface area (Å²) in [4.78, 5) is 20.7. The van der Waals surface area contributed by atoms with Crippen molar-refractivity contribution >= 4 is 5.91 Å². The molecule has 26 heavy (non-hydrogen) atoms. The summed E-state index contributed by atoms with van der Waals surface area (Å²) in [5.41, 5.74) is 8.26. The van der Waals surface area contributed by atoms with Crippen LogP contribution >= 0.6 is 0 Å². The van der Waals surface area contributed by atoms with Crippen LogP contribution in [0.5, 0.6) is 0 Å². The first-order chi connectivity index (χ1) is 12.6. The first kappa shape index (κ1) is 18.5. The Kier molecular flexibility index (Phi) is 6.36. The van der Waals surface area contributed by atoms with Crippen LogP contribution in [0, 0.1) is 0 Å². The van der Waals surface area contributed by atoms with Crippen LogP contribution in [0.4, 0.5) is 0 Å². The number of pyridine rings is 1. The van der Waals surface area contributed by atoms with E-state index in [0.29, 0.717) is 11.6 Å². The second kappa shape index (κ2) is 8.92. The molecule has 5 heteroatoms. The topological polar surface area (TPSA) is 62.5 Å². The number of nitrogens with two attached hydrogens (primary N) is 1. The number of likely N-dealkylation sites (tertiary alicyclic amines) is 1. The van der Waals surface area contributed by atoms with Crippen molar-refractivity contribution in [3.63, 3.8) is 0 Å². The van der Waals surface area contributed by atoms with Gasteiger partial charge in [0, 0.05) is 30.9 Å². The largest absolute Gasteiger partial charge is 0.366 e. The molecule has 138 valence electrons. The predicted molar refractivity (Wildman–Crippen MR) is 104 cm³/mol. The fraction of sp³-hybridized carbons (Fsp3) is 0.429. The number of benzene rings is 1. The predicted octanol–water partition coefficient (Wildman–Crippen LogP) is 2.67. The third-order valence-electron chi connectivity index (χ3n) is 5.17. The van der Waals surface area contributed by atoms with Gasteiger partial charge in [0.2, 0.25) is 5.91 Å². The summed E-state index contributed by atoms with van der Waals surface area (Å²) in [5, 5.41) is 0. The lowest BCUT2D eigenvalue weighted by Crippen LogP contribution is -2.32. The van der Waals surface area contributed by atoms with Crippen LogP contribution in [-0.4, -0.2) is 46.9 Å². The van der Waals surface area contributed by atoms with E-state index >= 15 is 0 Å². The standard InChI is InChI=1S/C21H28N4O/c1-24(16-19-8-2-3-11-23-19)20-9-5-12-25(13-10-20)15-17-6-4-7-18(14-17)21(22)26/h2-4,6-8,11,14,20H,5,9-10,12-13,15-16H2,1H3,(H2,22,26)/t20-/m0/s1. The van der Waals surface area contributed by atoms with Gasteiger partial charge in [-0.25, -0.2) is 0 Å². The summed E-state index contributed by atoms with van der Waals surface area (Å²) in [7, 11) is 2.20. The molecule has 1 aromatic heterocycles. The van der Waals surface area contributed by atoms with Crippen LogP contribution in [-0.2, 0) is 13.1 Å². The van der Waals surface area contributed by atoms with Gasteiger partial charge in [0.15, 0.2) is 0 Å². The average Bonchev–Trinajstić information content (AvgIpc) is 2.88. The van der Waals surface area contributed by atoms with Gasteiger partial charge >= 0.3 is 0 Å². The minimum absolute atomic E-state index is 0.362. The highest BCUT2D eigenvalue weighted by atomic mass is 16.1. The molecule has 1 aromatic carbocycles. The molecule has 1 aliphatic heterocycles. The van der Waals surface area contributed by atoms with E-state index in [0.717, 1.165) is 43.9 Å². The van der Waals surface area contributed by atoms with E-state index in [1.54, 1.807) is 6.07 Å². The molecule has 1 fully saturated rings. The fourth-order valence-corrected chi connectivity index (χ4v) is 3.69. The van der Waals surface area contributed by atoms with Crippen molar-refractivity contribution < 1.29 is 4.79 Å². The van der Waals surface area contributed by atoms with Gasteiger partial charge in [-0.1, -0.05) is 18.2 Å². The average molecular weight is 352 g/mol. The smallest absolute Gasteiger partial charge is 0.248 e. The number of hydrogen-bond acceptors (Lipinski definition) is 4. The minimum Gasteiger partial charge on any atom is -0.366 e. The lowest BCUT2D eigenvalue weighted by molar-refractivity contribution is 0.1000. The van der Waals surface area contributed by atoms with Crippen LogP contribution in [0.15, 0.2) is 48.7 Å². The molecular weight excluding hydrogens is 324 g/mol. The summed E-state index contributed by atoms with van der Waals surface area (Å²) in [6.07, 6.45) is 5.41. The van der Waals surface area contributed by atoms with E-state index in [1.807, 2.05) is 30.5 Å². The van der Waals surface area contributed by atoms with Crippen LogP contribution < -0.4 is 5.73 Å². The summed E-state index contributed by atoms with van der Waals surface area (Å²) in [6.45, 7) is 3.93. The Balaban J connectivity index is 1.54. The molecule has 2 heterocycles. The van der Waals surface area contributed by atoms with Gasteiger partial charge in [-0.15, -0.1) is 0 Å². The van der Waals surface area contributed by atoms with Crippen LogP contribution in [0.3, 0.4) is 0 Å². The lowest BCUT2D eigenvalue weighted by atomic mass is 10.1. The molecule has 1 aliphatic rings. The first-order valence-corrected chi connectivity index (χ1v) is 9.33. The lowest BCUT2D eigenvalue weighted by Gasteiger charge is -2.27. The highest BCUT2D eigenvalue weighted by Gasteiger charge is 2.21. The summed E-state index contributed by atoms with van der Waals surface area (Å²) < 4.78 is 0. The zero-order valence-electron chi connectivity index (χ0n) is 15.5. The molecule has 5 nitrogen and oxygen atoms in total. The molecule has 2 N–H and O–H groups in total. The summed E-state index contributed by atoms with van der Waals surface area (Å²) in [5.74, 6) is -0.362. The Morgan fingerprint density at radius 3 is 2.88 bits per heavy atom. The van der Waals surface area contributed by atoms with E-state index in [-0.39, 0.29) is 5.91 Å². The van der Waals surface area contributed by atoms with Gasteiger partial charge in [-0.05, 0) is 69.2 Å². The van der Waals surface area contributed by atoms with Crippen LogP contribution in [0.1, 0.15) is 40.9 Å². The van der Waals surface area contributed by atoms with E-state index in [2.05, 4.69) is 34.0 Å². The molecule has 3 rings (SSSR count). The third-order valence-corrected chi connectivity index (χ3v) is 5.17. The zero-order chi connectivity index (χ0) is 18.4. The second-order valence-electron chi connectivity index (χ2n) is 7.16. The number of hydrogen-bond donors (Lipinski definition) is 1. The van der Waals surface area contributed by atoms with Crippen molar-refractivity contribution in [2.24, 2.45) is 5.73 Å². The molecule has 0 unspecified atom stereocenters. The number of amides is 1. The number of primary amides is 1. The quantitative estimate of drug-likeness (QED) is 0.868. The van der Waals surface area contributed by atoms with Gasteiger partial charge < -0.3 is 5.73 Å². The molecular formula is C21H28N4O. The van der Waals surface area contributed by atoms with Crippen molar-refractivity contribution in [3.05, 3.63) is 65.5 Å². The Morgan fingerprint density at radius 2 is 2.12 bits per heavy atom. The normalized spacial score (nSPS) is 18.6. The highest BCUT2D eigenvalue weighted by molar-refractivity contribution is 5.92. The molecule has 0 radical (unpaired) electrons. The molecule has 1 atom stereocenters. The van der Waals surface area contributed by atoms with Gasteiger partial charge in [-0.2, -0.15) is 0 Å². The Morgan fingerprint density at radius 1 is 1.23 bits per heavy atom. The highest BCUT2D eigenvalue weighted by Crippen LogP contribution is 2.19. The third kappa shape index (κ3) is 5.13. The van der Waals surface area contributed by atoms with Gasteiger partial charge in [0.25, 0.3) is 0 Å². The maximum absolute atomic E-state index is 11.4. The van der Waals surface area contributed by atoms with E-state index in [9.17, 15) is 4.79 Å². The van der Waals surface area contributed by atoms with Crippen molar-refractivity contribution in [2.45, 2.75) is 38.4 Å². The number of carbonyl (C=O) groups excluding carboxylic acids is 1. The molecule has 2 aromatic rings. The van der Waals surface area contributed by atoms with Gasteiger partial charge in [-0.3, -0.25) is 19.6 Å². The summed E-state index contributed by atoms with van der Waals surface area (Å²) >= 11 is 0. The van der Waals surface area contributed by atoms with Crippen molar-refractivity contribution in [2.75, 3.05) is 20.1 Å². The van der Waals surface area contributed by atoms with Gasteiger partial charge in [0.1, 0.15) is 0 Å². The van der Waals surface area contributed by atoms with Gasteiger partial charge in [0.05, 0.1) is 5.69 Å². The Labute approximate surface area is 155 Å².